The van der Waals surface area contributed by atoms with Crippen LogP contribution >= 0.6 is 0 Å². The molecule has 0 unspecified atom stereocenters. The van der Waals surface area contributed by atoms with Crippen molar-refractivity contribution < 1.29 is 9.32 Å². The minimum atomic E-state index is 0.122. The zero-order valence-electron chi connectivity index (χ0n) is 13.1. The maximum Gasteiger partial charge on any atom is 0.254 e. The van der Waals surface area contributed by atoms with Crippen LogP contribution in [0.3, 0.4) is 0 Å². The summed E-state index contributed by atoms with van der Waals surface area (Å²) in [5, 5.41) is 3.96. The number of piperidine rings is 1. The highest BCUT2D eigenvalue weighted by Gasteiger charge is 2.28. The van der Waals surface area contributed by atoms with Crippen molar-refractivity contribution in [2.75, 3.05) is 13.1 Å². The lowest BCUT2D eigenvalue weighted by Gasteiger charge is -2.30. The molecule has 22 heavy (non-hydrogen) atoms. The van der Waals surface area contributed by atoms with Crippen LogP contribution in [0, 0.1) is 6.92 Å². The number of aryl methyl sites for hydroxylation is 2. The SMILES string of the molecule is CCc1noc(C2CCN(C(=O)c3ccccc3C)CC2)n1. The van der Waals surface area contributed by atoms with Crippen molar-refractivity contribution in [3.05, 3.63) is 47.1 Å². The van der Waals surface area contributed by atoms with Crippen LogP contribution in [-0.2, 0) is 6.42 Å². The second-order valence-corrected chi connectivity index (χ2v) is 5.78. The van der Waals surface area contributed by atoms with Gasteiger partial charge in [0.15, 0.2) is 5.82 Å². The number of carbonyl (C=O) groups excluding carboxylic acids is 1. The quantitative estimate of drug-likeness (QED) is 0.874. The summed E-state index contributed by atoms with van der Waals surface area (Å²) < 4.78 is 5.33. The van der Waals surface area contributed by atoms with Crippen LogP contribution in [0.25, 0.3) is 0 Å². The molecule has 3 rings (SSSR count). The van der Waals surface area contributed by atoms with Gasteiger partial charge in [-0.2, -0.15) is 4.98 Å². The molecule has 2 heterocycles. The third kappa shape index (κ3) is 2.89. The molecule has 1 aromatic carbocycles. The number of rotatable bonds is 3. The number of carbonyl (C=O) groups is 1. The van der Waals surface area contributed by atoms with E-state index in [1.165, 1.54) is 0 Å². The number of hydrogen-bond donors (Lipinski definition) is 0. The molecule has 1 aliphatic heterocycles. The fraction of sp³-hybridized carbons (Fsp3) is 0.471. The molecule has 0 saturated carbocycles. The van der Waals surface area contributed by atoms with E-state index in [0.717, 1.165) is 55.2 Å². The molecule has 0 bridgehead atoms. The number of nitrogens with zero attached hydrogens (tertiary/aromatic N) is 3. The van der Waals surface area contributed by atoms with Crippen molar-refractivity contribution in [1.82, 2.24) is 15.0 Å². The Morgan fingerprint density at radius 3 is 2.68 bits per heavy atom. The van der Waals surface area contributed by atoms with Gasteiger partial charge >= 0.3 is 0 Å². The lowest BCUT2D eigenvalue weighted by atomic mass is 9.96. The Balaban J connectivity index is 1.64. The minimum absolute atomic E-state index is 0.122. The topological polar surface area (TPSA) is 59.2 Å². The van der Waals surface area contributed by atoms with E-state index in [-0.39, 0.29) is 11.8 Å². The largest absolute Gasteiger partial charge is 0.339 e. The second-order valence-electron chi connectivity index (χ2n) is 5.78. The Labute approximate surface area is 130 Å². The van der Waals surface area contributed by atoms with Crippen LogP contribution in [0.15, 0.2) is 28.8 Å². The first-order chi connectivity index (χ1) is 10.7. The molecule has 2 aromatic rings. The number of likely N-dealkylation sites (tertiary alicyclic amines) is 1. The standard InChI is InChI=1S/C17H21N3O2/c1-3-15-18-16(22-19-15)13-8-10-20(11-9-13)17(21)14-7-5-4-6-12(14)2/h4-7,13H,3,8-11H2,1-2H3. The van der Waals surface area contributed by atoms with Crippen molar-refractivity contribution in [3.63, 3.8) is 0 Å². The molecule has 1 saturated heterocycles. The molecular formula is C17H21N3O2. The van der Waals surface area contributed by atoms with E-state index in [1.807, 2.05) is 43.0 Å². The maximum absolute atomic E-state index is 12.6. The van der Waals surface area contributed by atoms with Gasteiger partial charge in [0.2, 0.25) is 5.89 Å². The molecule has 0 N–H and O–H groups in total. The van der Waals surface area contributed by atoms with Crippen LogP contribution in [0.5, 0.6) is 0 Å². The highest BCUT2D eigenvalue weighted by molar-refractivity contribution is 5.95. The molecule has 0 spiro atoms. The molecule has 0 radical (unpaired) electrons. The van der Waals surface area contributed by atoms with Gasteiger partial charge in [-0.3, -0.25) is 4.79 Å². The van der Waals surface area contributed by atoms with Crippen LogP contribution in [-0.4, -0.2) is 34.0 Å². The third-order valence-electron chi connectivity index (χ3n) is 4.31. The average Bonchev–Trinajstić information content (AvgIpc) is 3.04. The second kappa shape index (κ2) is 6.30. The number of benzene rings is 1. The summed E-state index contributed by atoms with van der Waals surface area (Å²) >= 11 is 0. The lowest BCUT2D eigenvalue weighted by molar-refractivity contribution is 0.0704. The van der Waals surface area contributed by atoms with Crippen molar-refractivity contribution in [1.29, 1.82) is 0 Å². The first-order valence-corrected chi connectivity index (χ1v) is 7.86. The Bertz CT molecular complexity index is 657. The van der Waals surface area contributed by atoms with Crippen LogP contribution < -0.4 is 0 Å². The Kier molecular flexibility index (Phi) is 4.22. The number of hydrogen-bond acceptors (Lipinski definition) is 4. The summed E-state index contributed by atoms with van der Waals surface area (Å²) in [5.41, 5.74) is 1.83. The van der Waals surface area contributed by atoms with Gasteiger partial charge in [0.05, 0.1) is 0 Å². The summed E-state index contributed by atoms with van der Waals surface area (Å²) in [6, 6.07) is 7.75. The molecule has 0 atom stereocenters. The Hall–Kier alpha value is -2.17. The normalized spacial score (nSPS) is 16.0. The van der Waals surface area contributed by atoms with Gasteiger partial charge in [0.1, 0.15) is 0 Å². The van der Waals surface area contributed by atoms with E-state index in [0.29, 0.717) is 0 Å². The van der Waals surface area contributed by atoms with Crippen molar-refractivity contribution >= 4 is 5.91 Å². The average molecular weight is 299 g/mol. The zero-order valence-corrected chi connectivity index (χ0v) is 13.1. The Morgan fingerprint density at radius 1 is 1.32 bits per heavy atom. The van der Waals surface area contributed by atoms with Crippen molar-refractivity contribution in [3.8, 4) is 0 Å². The van der Waals surface area contributed by atoms with E-state index in [4.69, 9.17) is 4.52 Å². The first-order valence-electron chi connectivity index (χ1n) is 7.86. The molecule has 1 amide bonds. The number of aromatic nitrogens is 2. The summed E-state index contributed by atoms with van der Waals surface area (Å²) in [5.74, 6) is 1.87. The molecule has 1 fully saturated rings. The van der Waals surface area contributed by atoms with Gasteiger partial charge in [0, 0.05) is 31.0 Å². The fourth-order valence-corrected chi connectivity index (χ4v) is 2.89. The number of amides is 1. The first kappa shape index (κ1) is 14.8. The van der Waals surface area contributed by atoms with E-state index in [1.54, 1.807) is 0 Å². The molecule has 1 aromatic heterocycles. The van der Waals surface area contributed by atoms with Gasteiger partial charge in [0.25, 0.3) is 5.91 Å². The van der Waals surface area contributed by atoms with E-state index in [2.05, 4.69) is 10.1 Å². The monoisotopic (exact) mass is 299 g/mol. The molecular weight excluding hydrogens is 278 g/mol. The highest BCUT2D eigenvalue weighted by atomic mass is 16.5. The van der Waals surface area contributed by atoms with Crippen LogP contribution in [0.2, 0.25) is 0 Å². The smallest absolute Gasteiger partial charge is 0.254 e. The van der Waals surface area contributed by atoms with Gasteiger partial charge in [-0.1, -0.05) is 30.3 Å². The minimum Gasteiger partial charge on any atom is -0.339 e. The molecule has 0 aliphatic carbocycles. The van der Waals surface area contributed by atoms with Crippen molar-refractivity contribution in [2.45, 2.75) is 39.0 Å². The predicted octanol–water partition coefficient (Wildman–Crippen LogP) is 2.96. The predicted molar refractivity (Wildman–Crippen MR) is 82.7 cm³/mol. The third-order valence-corrected chi connectivity index (χ3v) is 4.31. The van der Waals surface area contributed by atoms with Crippen molar-refractivity contribution in [2.24, 2.45) is 0 Å². The molecule has 5 nitrogen and oxygen atoms in total. The summed E-state index contributed by atoms with van der Waals surface area (Å²) in [4.78, 5) is 18.9. The van der Waals surface area contributed by atoms with E-state index >= 15 is 0 Å². The molecule has 5 heteroatoms. The van der Waals surface area contributed by atoms with Gasteiger partial charge in [-0.05, 0) is 31.4 Å². The molecule has 1 aliphatic rings. The van der Waals surface area contributed by atoms with Gasteiger partial charge < -0.3 is 9.42 Å². The summed E-state index contributed by atoms with van der Waals surface area (Å²) in [7, 11) is 0. The summed E-state index contributed by atoms with van der Waals surface area (Å²) in [6.07, 6.45) is 2.54. The fourth-order valence-electron chi connectivity index (χ4n) is 2.89. The van der Waals surface area contributed by atoms with Gasteiger partial charge in [-0.15, -0.1) is 0 Å². The van der Waals surface area contributed by atoms with Crippen LogP contribution in [0.1, 0.15) is 53.3 Å². The highest BCUT2D eigenvalue weighted by Crippen LogP contribution is 2.27. The zero-order chi connectivity index (χ0) is 15.5. The maximum atomic E-state index is 12.6. The van der Waals surface area contributed by atoms with Crippen LogP contribution in [0.4, 0.5) is 0 Å². The van der Waals surface area contributed by atoms with E-state index < -0.39 is 0 Å². The summed E-state index contributed by atoms with van der Waals surface area (Å²) in [6.45, 7) is 5.46. The Morgan fingerprint density at radius 2 is 2.05 bits per heavy atom. The van der Waals surface area contributed by atoms with E-state index in [9.17, 15) is 4.79 Å². The molecule has 116 valence electrons. The lowest BCUT2D eigenvalue weighted by Crippen LogP contribution is -2.38. The van der Waals surface area contributed by atoms with Gasteiger partial charge in [-0.25, -0.2) is 0 Å².